The Hall–Kier alpha value is -2.93. The van der Waals surface area contributed by atoms with Gasteiger partial charge in [0.1, 0.15) is 6.54 Å². The highest BCUT2D eigenvalue weighted by molar-refractivity contribution is 5.88. The Morgan fingerprint density at radius 3 is 2.44 bits per heavy atom. The first-order valence-corrected chi connectivity index (χ1v) is 12.3. The van der Waals surface area contributed by atoms with Crippen molar-refractivity contribution < 1.29 is 19.1 Å². The quantitative estimate of drug-likeness (QED) is 0.606. The molecule has 0 aromatic heterocycles. The minimum Gasteiger partial charge on any atom is -0.468 e. The molecule has 4 rings (SSSR count). The van der Waals surface area contributed by atoms with Crippen molar-refractivity contribution in [2.24, 2.45) is 5.92 Å². The Kier molecular flexibility index (Phi) is 7.83. The van der Waals surface area contributed by atoms with Gasteiger partial charge in [0.2, 0.25) is 11.8 Å². The summed E-state index contributed by atoms with van der Waals surface area (Å²) in [5.41, 5.74) is 1.32. The van der Waals surface area contributed by atoms with E-state index >= 15 is 0 Å². The molecule has 7 heteroatoms. The number of nitrogens with one attached hydrogen (secondary N) is 1. The summed E-state index contributed by atoms with van der Waals surface area (Å²) < 4.78 is 4.59. The third-order valence-corrected chi connectivity index (χ3v) is 7.47. The molecule has 1 N–H and O–H groups in total. The highest BCUT2D eigenvalue weighted by Crippen LogP contribution is 2.33. The number of hydrogen-bond acceptors (Lipinski definition) is 5. The molecule has 1 aliphatic carbocycles. The molecule has 2 aromatic rings. The number of carbonyl (C=O) groups is 3. The van der Waals surface area contributed by atoms with Crippen molar-refractivity contribution in [3.05, 3.63) is 48.0 Å². The van der Waals surface area contributed by atoms with E-state index in [1.165, 1.54) is 23.4 Å². The molecule has 182 valence electrons. The zero-order valence-corrected chi connectivity index (χ0v) is 20.2. The van der Waals surface area contributed by atoms with Gasteiger partial charge in [-0.2, -0.15) is 0 Å². The standard InChI is InChI=1S/C27H35N3O4/c1-19(23-12-6-8-20-7-3-4-11-24(20)23)29-15-13-22(14-16-29)30(27(33)21-9-5-10-21)18-25(31)28-17-26(32)34-2/h3-4,6-8,11-12,19,21-22H,5,9-10,13-18H2,1-2H3,(H,28,31). The van der Waals surface area contributed by atoms with Crippen LogP contribution in [0.15, 0.2) is 42.5 Å². The molecule has 1 saturated carbocycles. The van der Waals surface area contributed by atoms with Crippen LogP contribution in [0.5, 0.6) is 0 Å². The third kappa shape index (κ3) is 5.41. The van der Waals surface area contributed by atoms with E-state index in [-0.39, 0.29) is 42.9 Å². The monoisotopic (exact) mass is 465 g/mol. The smallest absolute Gasteiger partial charge is 0.325 e. The predicted octanol–water partition coefficient (Wildman–Crippen LogP) is 3.28. The SMILES string of the molecule is COC(=O)CNC(=O)CN(C(=O)C1CCC1)C1CCN(C(C)c2cccc3ccccc23)CC1. The molecular weight excluding hydrogens is 430 g/mol. The first kappa shape index (κ1) is 24.2. The molecule has 2 fully saturated rings. The maximum atomic E-state index is 13.2. The second-order valence-corrected chi connectivity index (χ2v) is 9.46. The lowest BCUT2D eigenvalue weighted by Gasteiger charge is -2.42. The highest BCUT2D eigenvalue weighted by atomic mass is 16.5. The van der Waals surface area contributed by atoms with E-state index in [4.69, 9.17) is 0 Å². The summed E-state index contributed by atoms with van der Waals surface area (Å²) in [5.74, 6) is -0.702. The largest absolute Gasteiger partial charge is 0.468 e. The molecule has 2 aromatic carbocycles. The summed E-state index contributed by atoms with van der Waals surface area (Å²) in [6, 6.07) is 15.3. The lowest BCUT2D eigenvalue weighted by atomic mass is 9.83. The van der Waals surface area contributed by atoms with Crippen molar-refractivity contribution in [1.29, 1.82) is 0 Å². The molecule has 7 nitrogen and oxygen atoms in total. The molecule has 2 amide bonds. The van der Waals surface area contributed by atoms with E-state index in [0.717, 1.165) is 45.2 Å². The van der Waals surface area contributed by atoms with Gasteiger partial charge in [-0.25, -0.2) is 0 Å². The van der Waals surface area contributed by atoms with Gasteiger partial charge in [0.25, 0.3) is 0 Å². The van der Waals surface area contributed by atoms with Crippen molar-refractivity contribution in [2.75, 3.05) is 33.3 Å². The second kappa shape index (κ2) is 11.0. The average Bonchev–Trinajstić information content (AvgIpc) is 2.84. The summed E-state index contributed by atoms with van der Waals surface area (Å²) in [7, 11) is 1.29. The molecule has 1 unspecified atom stereocenters. The summed E-state index contributed by atoms with van der Waals surface area (Å²) >= 11 is 0. The number of piperidine rings is 1. The first-order chi connectivity index (χ1) is 16.5. The van der Waals surface area contributed by atoms with Gasteiger partial charge < -0.3 is 15.0 Å². The van der Waals surface area contributed by atoms with Crippen LogP contribution in [0.25, 0.3) is 10.8 Å². The molecular formula is C27H35N3O4. The molecule has 1 atom stereocenters. The van der Waals surface area contributed by atoms with Gasteiger partial charge in [-0.05, 0) is 48.9 Å². The highest BCUT2D eigenvalue weighted by Gasteiger charge is 2.36. The van der Waals surface area contributed by atoms with E-state index < -0.39 is 5.97 Å². The van der Waals surface area contributed by atoms with Gasteiger partial charge in [0, 0.05) is 31.1 Å². The number of amides is 2. The summed E-state index contributed by atoms with van der Waals surface area (Å²) in [4.78, 5) is 41.3. The Bertz CT molecular complexity index is 1020. The fourth-order valence-electron chi connectivity index (χ4n) is 5.13. The topological polar surface area (TPSA) is 79.0 Å². The molecule has 34 heavy (non-hydrogen) atoms. The van der Waals surface area contributed by atoms with Gasteiger partial charge in [-0.1, -0.05) is 48.9 Å². The van der Waals surface area contributed by atoms with Crippen molar-refractivity contribution in [2.45, 2.75) is 51.1 Å². The average molecular weight is 466 g/mol. The van der Waals surface area contributed by atoms with Gasteiger partial charge in [0.15, 0.2) is 0 Å². The number of esters is 1. The number of carbonyl (C=O) groups excluding carboxylic acids is 3. The number of nitrogens with zero attached hydrogens (tertiary/aromatic N) is 2. The lowest BCUT2D eigenvalue weighted by molar-refractivity contribution is -0.146. The summed E-state index contributed by atoms with van der Waals surface area (Å²) in [5, 5.41) is 5.11. The number of likely N-dealkylation sites (tertiary alicyclic amines) is 1. The van der Waals surface area contributed by atoms with Gasteiger partial charge >= 0.3 is 5.97 Å². The Morgan fingerprint density at radius 1 is 1.06 bits per heavy atom. The minimum atomic E-state index is -0.499. The van der Waals surface area contributed by atoms with Crippen LogP contribution in [0.1, 0.15) is 50.6 Å². The fraction of sp³-hybridized carbons (Fsp3) is 0.519. The van der Waals surface area contributed by atoms with Crippen LogP contribution in [0, 0.1) is 5.92 Å². The zero-order valence-electron chi connectivity index (χ0n) is 20.2. The van der Waals surface area contributed by atoms with Crippen LogP contribution >= 0.6 is 0 Å². The van der Waals surface area contributed by atoms with E-state index in [0.29, 0.717) is 0 Å². The predicted molar refractivity (Wildman–Crippen MR) is 131 cm³/mol. The molecule has 0 radical (unpaired) electrons. The fourth-order valence-corrected chi connectivity index (χ4v) is 5.13. The van der Waals surface area contributed by atoms with Crippen LogP contribution in [0.3, 0.4) is 0 Å². The van der Waals surface area contributed by atoms with E-state index in [1.54, 1.807) is 4.90 Å². The van der Waals surface area contributed by atoms with E-state index in [1.807, 2.05) is 0 Å². The lowest BCUT2D eigenvalue weighted by Crippen LogP contribution is -2.53. The molecule has 0 spiro atoms. The van der Waals surface area contributed by atoms with Gasteiger partial charge in [-0.15, -0.1) is 0 Å². The number of ether oxygens (including phenoxy) is 1. The third-order valence-electron chi connectivity index (χ3n) is 7.47. The van der Waals surface area contributed by atoms with Crippen LogP contribution in [-0.2, 0) is 19.1 Å². The summed E-state index contributed by atoms with van der Waals surface area (Å²) in [6.07, 6.45) is 4.53. The van der Waals surface area contributed by atoms with Crippen LogP contribution in [0.2, 0.25) is 0 Å². The van der Waals surface area contributed by atoms with Crippen LogP contribution in [0.4, 0.5) is 0 Å². The Balaban J connectivity index is 1.41. The van der Waals surface area contributed by atoms with E-state index in [9.17, 15) is 14.4 Å². The van der Waals surface area contributed by atoms with E-state index in [2.05, 4.69) is 64.3 Å². The van der Waals surface area contributed by atoms with Gasteiger partial charge in [-0.3, -0.25) is 19.3 Å². The normalized spacial score (nSPS) is 18.2. The molecule has 1 aliphatic heterocycles. The van der Waals surface area contributed by atoms with Crippen molar-refractivity contribution >= 4 is 28.6 Å². The molecule has 2 aliphatic rings. The van der Waals surface area contributed by atoms with Crippen molar-refractivity contribution in [3.63, 3.8) is 0 Å². The first-order valence-electron chi connectivity index (χ1n) is 12.3. The number of hydrogen-bond donors (Lipinski definition) is 1. The maximum Gasteiger partial charge on any atom is 0.325 e. The molecule has 1 heterocycles. The Labute approximate surface area is 201 Å². The zero-order chi connectivity index (χ0) is 24.1. The minimum absolute atomic E-state index is 0.00410. The number of benzene rings is 2. The molecule has 0 bridgehead atoms. The maximum absolute atomic E-state index is 13.2. The second-order valence-electron chi connectivity index (χ2n) is 9.46. The Morgan fingerprint density at radius 2 is 1.76 bits per heavy atom. The van der Waals surface area contributed by atoms with Crippen LogP contribution in [-0.4, -0.2) is 66.9 Å². The van der Waals surface area contributed by atoms with Crippen molar-refractivity contribution in [3.8, 4) is 0 Å². The van der Waals surface area contributed by atoms with Crippen molar-refractivity contribution in [1.82, 2.24) is 15.1 Å². The summed E-state index contributed by atoms with van der Waals surface area (Å²) in [6.45, 7) is 3.80. The number of methoxy groups -OCH3 is 1. The number of rotatable bonds is 8. The van der Waals surface area contributed by atoms with Gasteiger partial charge in [0.05, 0.1) is 13.7 Å². The molecule has 1 saturated heterocycles. The number of fused-ring (bicyclic) bond motifs is 1. The van der Waals surface area contributed by atoms with Crippen LogP contribution < -0.4 is 5.32 Å².